The minimum absolute atomic E-state index is 0.263. The number of terminal acetylenes is 1. The number of carbonyl (C=O) groups is 1. The van der Waals surface area contributed by atoms with E-state index in [0.717, 1.165) is 22.6 Å². The van der Waals surface area contributed by atoms with Gasteiger partial charge in [0, 0.05) is 12.2 Å². The van der Waals surface area contributed by atoms with Crippen molar-refractivity contribution in [1.82, 2.24) is 0 Å². The molecule has 0 fully saturated rings. The van der Waals surface area contributed by atoms with Crippen LogP contribution in [0.2, 0.25) is 0 Å². The zero-order chi connectivity index (χ0) is 20.6. The van der Waals surface area contributed by atoms with Crippen molar-refractivity contribution in [2.24, 2.45) is 0 Å². The topological polar surface area (TPSA) is 38.8 Å². The molecule has 0 atom stereocenters. The van der Waals surface area contributed by atoms with Crippen molar-refractivity contribution in [1.29, 1.82) is 0 Å². The van der Waals surface area contributed by atoms with E-state index >= 15 is 0 Å². The summed E-state index contributed by atoms with van der Waals surface area (Å²) in [5.41, 5.74) is 2.39. The Labute approximate surface area is 167 Å². The maximum Gasteiger partial charge on any atom is 0.414 e. The van der Waals surface area contributed by atoms with Gasteiger partial charge in [-0.05, 0) is 63.1 Å². The van der Waals surface area contributed by atoms with Crippen molar-refractivity contribution >= 4 is 23.9 Å². The lowest BCUT2D eigenvalue weighted by molar-refractivity contribution is 0.0582. The van der Waals surface area contributed by atoms with Crippen molar-refractivity contribution < 1.29 is 14.3 Å². The molecule has 0 bridgehead atoms. The van der Waals surface area contributed by atoms with Crippen LogP contribution in [0, 0.1) is 12.3 Å². The molecule has 0 aliphatic carbocycles. The summed E-state index contributed by atoms with van der Waals surface area (Å²) in [6.45, 7) is 8.31. The number of hydrogen-bond acceptors (Lipinski definition) is 3. The molecule has 2 aromatic carbocycles. The fourth-order valence-electron chi connectivity index (χ4n) is 2.49. The Bertz CT molecular complexity index is 837. The maximum atomic E-state index is 12.3. The number of benzene rings is 2. The lowest BCUT2D eigenvalue weighted by atomic mass is 10.1. The Balaban J connectivity index is 2.04. The van der Waals surface area contributed by atoms with E-state index in [1.54, 1.807) is 4.90 Å². The van der Waals surface area contributed by atoms with Gasteiger partial charge in [-0.25, -0.2) is 4.79 Å². The molecular formula is C24H27NO3. The molecule has 0 heterocycles. The van der Waals surface area contributed by atoms with Crippen molar-refractivity contribution in [2.45, 2.75) is 33.3 Å². The van der Waals surface area contributed by atoms with Crippen LogP contribution in [0.25, 0.3) is 12.2 Å². The zero-order valence-corrected chi connectivity index (χ0v) is 16.9. The highest BCUT2D eigenvalue weighted by Gasteiger charge is 2.22. The van der Waals surface area contributed by atoms with Crippen LogP contribution < -0.4 is 9.64 Å². The first kappa shape index (κ1) is 21.1. The summed E-state index contributed by atoms with van der Waals surface area (Å²) in [6, 6.07) is 15.5. The largest absolute Gasteiger partial charge is 0.481 e. The van der Waals surface area contributed by atoms with Crippen LogP contribution in [-0.4, -0.2) is 24.8 Å². The summed E-state index contributed by atoms with van der Waals surface area (Å²) in [4.78, 5) is 14.0. The lowest BCUT2D eigenvalue weighted by Crippen LogP contribution is -2.36. The van der Waals surface area contributed by atoms with Gasteiger partial charge in [0.15, 0.2) is 0 Å². The number of rotatable bonds is 6. The van der Waals surface area contributed by atoms with E-state index in [4.69, 9.17) is 15.9 Å². The summed E-state index contributed by atoms with van der Waals surface area (Å²) < 4.78 is 10.8. The fourth-order valence-corrected chi connectivity index (χ4v) is 2.49. The van der Waals surface area contributed by atoms with Crippen molar-refractivity contribution in [3.63, 3.8) is 0 Å². The molecule has 0 aliphatic heterocycles. The smallest absolute Gasteiger partial charge is 0.414 e. The highest BCUT2D eigenvalue weighted by molar-refractivity contribution is 5.88. The molecule has 28 heavy (non-hydrogen) atoms. The van der Waals surface area contributed by atoms with E-state index in [9.17, 15) is 4.79 Å². The molecule has 4 heteroatoms. The van der Waals surface area contributed by atoms with Gasteiger partial charge in [-0.2, -0.15) is 0 Å². The number of anilines is 1. The summed E-state index contributed by atoms with van der Waals surface area (Å²) in [7, 11) is 0. The summed E-state index contributed by atoms with van der Waals surface area (Å²) >= 11 is 0. The first-order valence-electron chi connectivity index (χ1n) is 9.27. The van der Waals surface area contributed by atoms with Crippen LogP contribution in [0.15, 0.2) is 48.5 Å². The summed E-state index contributed by atoms with van der Waals surface area (Å²) in [5.74, 6) is 3.19. The van der Waals surface area contributed by atoms with Gasteiger partial charge in [0.1, 0.15) is 18.0 Å². The van der Waals surface area contributed by atoms with Crippen LogP contribution in [0.4, 0.5) is 10.5 Å². The predicted octanol–water partition coefficient (Wildman–Crippen LogP) is 5.63. The molecule has 1 amide bonds. The molecule has 2 rings (SSSR count). The molecule has 4 nitrogen and oxygen atoms in total. The fraction of sp³-hybridized carbons (Fsp3) is 0.292. The van der Waals surface area contributed by atoms with Crippen LogP contribution in [0.1, 0.15) is 38.8 Å². The molecule has 0 spiro atoms. The normalized spacial score (nSPS) is 11.1. The second-order valence-electron chi connectivity index (χ2n) is 7.21. The molecule has 0 aromatic heterocycles. The first-order valence-corrected chi connectivity index (χ1v) is 9.27. The van der Waals surface area contributed by atoms with E-state index in [1.165, 1.54) is 0 Å². The van der Waals surface area contributed by atoms with Gasteiger partial charge in [-0.1, -0.05) is 42.3 Å². The van der Waals surface area contributed by atoms with Crippen LogP contribution in [0.3, 0.4) is 0 Å². The molecular weight excluding hydrogens is 350 g/mol. The third-order valence-corrected chi connectivity index (χ3v) is 3.81. The van der Waals surface area contributed by atoms with Crippen molar-refractivity contribution in [3.05, 3.63) is 59.7 Å². The summed E-state index contributed by atoms with van der Waals surface area (Å²) in [5, 5.41) is 0. The minimum atomic E-state index is -0.519. The van der Waals surface area contributed by atoms with Crippen LogP contribution in [-0.2, 0) is 4.74 Å². The molecule has 0 aliphatic rings. The quantitative estimate of drug-likeness (QED) is 0.484. The van der Waals surface area contributed by atoms with Gasteiger partial charge in [0.2, 0.25) is 0 Å². The van der Waals surface area contributed by atoms with E-state index < -0.39 is 5.60 Å². The third-order valence-electron chi connectivity index (χ3n) is 3.81. The number of amides is 1. The summed E-state index contributed by atoms with van der Waals surface area (Å²) in [6.07, 6.45) is 8.88. The van der Waals surface area contributed by atoms with Crippen LogP contribution >= 0.6 is 0 Å². The Morgan fingerprint density at radius 2 is 1.57 bits per heavy atom. The van der Waals surface area contributed by atoms with E-state index in [2.05, 4.69) is 5.92 Å². The average molecular weight is 377 g/mol. The predicted molar refractivity (Wildman–Crippen MR) is 115 cm³/mol. The van der Waals surface area contributed by atoms with E-state index in [0.29, 0.717) is 6.54 Å². The Morgan fingerprint density at radius 3 is 2.04 bits per heavy atom. The Morgan fingerprint density at radius 1 is 1.04 bits per heavy atom. The maximum absolute atomic E-state index is 12.3. The van der Waals surface area contributed by atoms with Crippen molar-refractivity contribution in [3.8, 4) is 18.1 Å². The van der Waals surface area contributed by atoms with Crippen molar-refractivity contribution in [2.75, 3.05) is 18.1 Å². The first-order chi connectivity index (χ1) is 13.3. The second-order valence-corrected chi connectivity index (χ2v) is 7.21. The zero-order valence-electron chi connectivity index (χ0n) is 16.9. The van der Waals surface area contributed by atoms with Crippen LogP contribution in [0.5, 0.6) is 5.75 Å². The van der Waals surface area contributed by atoms with E-state index in [-0.39, 0.29) is 12.7 Å². The molecule has 0 saturated carbocycles. The highest BCUT2D eigenvalue weighted by Crippen LogP contribution is 2.20. The molecule has 146 valence electrons. The molecule has 0 N–H and O–H groups in total. The molecule has 0 unspecified atom stereocenters. The molecule has 0 radical (unpaired) electrons. The molecule has 2 aromatic rings. The number of carbonyl (C=O) groups excluding carboxylic acids is 1. The monoisotopic (exact) mass is 377 g/mol. The van der Waals surface area contributed by atoms with Gasteiger partial charge >= 0.3 is 6.09 Å². The Hall–Kier alpha value is -3.19. The number of ether oxygens (including phenoxy) is 2. The number of nitrogens with zero attached hydrogens (tertiary/aromatic N) is 1. The molecule has 0 saturated heterocycles. The third kappa shape index (κ3) is 6.51. The van der Waals surface area contributed by atoms with Gasteiger partial charge in [-0.15, -0.1) is 6.42 Å². The highest BCUT2D eigenvalue weighted by atomic mass is 16.6. The van der Waals surface area contributed by atoms with Gasteiger partial charge in [0.25, 0.3) is 0 Å². The number of hydrogen-bond donors (Lipinski definition) is 0. The SMILES string of the molecule is C#CCOc1ccc(/C=C/c2ccc(N(CC)C(=O)OC(C)(C)C)cc2)cc1. The second kappa shape index (κ2) is 9.66. The van der Waals surface area contributed by atoms with Gasteiger partial charge in [-0.3, -0.25) is 4.90 Å². The van der Waals surface area contributed by atoms with E-state index in [1.807, 2.05) is 88.4 Å². The Kier molecular flexibility index (Phi) is 7.28. The lowest BCUT2D eigenvalue weighted by Gasteiger charge is -2.26. The average Bonchev–Trinajstić information content (AvgIpc) is 2.65. The minimum Gasteiger partial charge on any atom is -0.481 e. The van der Waals surface area contributed by atoms with Gasteiger partial charge < -0.3 is 9.47 Å². The van der Waals surface area contributed by atoms with Gasteiger partial charge in [0.05, 0.1) is 0 Å². The standard InChI is InChI=1S/C24H27NO3/c1-6-18-27-22-16-12-20(13-17-22)9-8-19-10-14-21(15-11-19)25(7-2)23(26)28-24(3,4)5/h1,8-17H,7,18H2,2-5H3/b9-8+.